The van der Waals surface area contributed by atoms with Gasteiger partial charge >= 0.3 is 5.97 Å². The van der Waals surface area contributed by atoms with Crippen molar-refractivity contribution in [3.8, 4) is 17.2 Å². The van der Waals surface area contributed by atoms with E-state index >= 15 is 0 Å². The summed E-state index contributed by atoms with van der Waals surface area (Å²) in [6, 6.07) is 12.6. The summed E-state index contributed by atoms with van der Waals surface area (Å²) in [7, 11) is 1.58. The summed E-state index contributed by atoms with van der Waals surface area (Å²) in [5.74, 6) is 1.76. The van der Waals surface area contributed by atoms with Crippen LogP contribution in [-0.2, 0) is 9.53 Å². The summed E-state index contributed by atoms with van der Waals surface area (Å²) in [4.78, 5) is 16.3. The zero-order chi connectivity index (χ0) is 16.5. The van der Waals surface area contributed by atoms with E-state index in [-0.39, 0.29) is 18.4 Å². The standard InChI is InChI=1S/C18H13NO5/c1-21-13-4-2-3-12(9-13)17-19-14(18(20)24-17)7-11-5-6-15-16(8-11)23-10-22-15/h2-9H,10H2,1H3/b14-7+. The van der Waals surface area contributed by atoms with Crippen LogP contribution < -0.4 is 14.2 Å². The van der Waals surface area contributed by atoms with Crippen LogP contribution in [0.3, 0.4) is 0 Å². The normalized spacial score (nSPS) is 17.0. The van der Waals surface area contributed by atoms with E-state index in [9.17, 15) is 4.79 Å². The van der Waals surface area contributed by atoms with E-state index in [2.05, 4.69) is 4.99 Å². The number of aliphatic imine (C=N–C) groups is 1. The first kappa shape index (κ1) is 14.3. The fourth-order valence-electron chi connectivity index (χ4n) is 2.45. The molecule has 0 saturated carbocycles. The van der Waals surface area contributed by atoms with Gasteiger partial charge in [-0.1, -0.05) is 12.1 Å². The lowest BCUT2D eigenvalue weighted by Gasteiger charge is -2.02. The Morgan fingerprint density at radius 3 is 2.88 bits per heavy atom. The zero-order valence-corrected chi connectivity index (χ0v) is 12.8. The zero-order valence-electron chi connectivity index (χ0n) is 12.8. The maximum atomic E-state index is 12.1. The molecule has 2 aliphatic heterocycles. The number of esters is 1. The van der Waals surface area contributed by atoms with Gasteiger partial charge in [-0.2, -0.15) is 0 Å². The second-order valence-corrected chi connectivity index (χ2v) is 5.18. The van der Waals surface area contributed by atoms with Crippen LogP contribution in [-0.4, -0.2) is 25.8 Å². The first-order chi connectivity index (χ1) is 11.7. The van der Waals surface area contributed by atoms with Gasteiger partial charge in [-0.05, 0) is 42.0 Å². The van der Waals surface area contributed by atoms with Crippen LogP contribution in [0.2, 0.25) is 0 Å². The maximum Gasteiger partial charge on any atom is 0.363 e. The Labute approximate surface area is 137 Å². The Balaban J connectivity index is 1.65. The summed E-state index contributed by atoms with van der Waals surface area (Å²) in [6.45, 7) is 0.204. The third kappa shape index (κ3) is 2.58. The van der Waals surface area contributed by atoms with Crippen molar-refractivity contribution < 1.29 is 23.7 Å². The van der Waals surface area contributed by atoms with Crippen molar-refractivity contribution in [3.05, 3.63) is 59.3 Å². The van der Waals surface area contributed by atoms with Crippen LogP contribution in [0, 0.1) is 0 Å². The van der Waals surface area contributed by atoms with Crippen molar-refractivity contribution in [1.82, 2.24) is 0 Å². The monoisotopic (exact) mass is 323 g/mol. The first-order valence-electron chi connectivity index (χ1n) is 7.29. The Hall–Kier alpha value is -3.28. The largest absolute Gasteiger partial charge is 0.497 e. The molecule has 0 aliphatic carbocycles. The quantitative estimate of drug-likeness (QED) is 0.642. The molecule has 2 aromatic carbocycles. The van der Waals surface area contributed by atoms with E-state index in [4.69, 9.17) is 18.9 Å². The van der Waals surface area contributed by atoms with Crippen molar-refractivity contribution in [3.63, 3.8) is 0 Å². The number of hydrogen-bond donors (Lipinski definition) is 0. The second-order valence-electron chi connectivity index (χ2n) is 5.18. The van der Waals surface area contributed by atoms with E-state index in [1.54, 1.807) is 37.5 Å². The molecule has 0 fully saturated rings. The Morgan fingerprint density at radius 2 is 2.00 bits per heavy atom. The summed E-state index contributed by atoms with van der Waals surface area (Å²) in [5.41, 5.74) is 1.69. The molecule has 0 spiro atoms. The molecule has 24 heavy (non-hydrogen) atoms. The van der Waals surface area contributed by atoms with Gasteiger partial charge in [0.25, 0.3) is 0 Å². The minimum absolute atomic E-state index is 0.204. The minimum atomic E-state index is -0.495. The maximum absolute atomic E-state index is 12.1. The lowest BCUT2D eigenvalue weighted by molar-refractivity contribution is -0.129. The van der Waals surface area contributed by atoms with Crippen molar-refractivity contribution in [2.45, 2.75) is 0 Å². The van der Waals surface area contributed by atoms with Crippen LogP contribution >= 0.6 is 0 Å². The SMILES string of the molecule is COc1cccc(C2=N/C(=C/c3ccc4c(c3)OCO4)C(=O)O2)c1. The van der Waals surface area contributed by atoms with E-state index in [1.165, 1.54) is 0 Å². The molecule has 0 bridgehead atoms. The van der Waals surface area contributed by atoms with Crippen molar-refractivity contribution in [1.29, 1.82) is 0 Å². The fraction of sp³-hybridized carbons (Fsp3) is 0.111. The number of rotatable bonds is 3. The van der Waals surface area contributed by atoms with Crippen molar-refractivity contribution in [2.75, 3.05) is 13.9 Å². The van der Waals surface area contributed by atoms with Gasteiger partial charge in [0.1, 0.15) is 5.75 Å². The first-order valence-corrected chi connectivity index (χ1v) is 7.29. The second kappa shape index (κ2) is 5.73. The smallest absolute Gasteiger partial charge is 0.363 e. The number of methoxy groups -OCH3 is 1. The van der Waals surface area contributed by atoms with Crippen LogP contribution in [0.4, 0.5) is 0 Å². The van der Waals surface area contributed by atoms with E-state index < -0.39 is 5.97 Å². The molecule has 0 amide bonds. The summed E-state index contributed by atoms with van der Waals surface area (Å²) < 4.78 is 21.0. The average molecular weight is 323 g/mol. The molecule has 0 saturated heterocycles. The number of cyclic esters (lactones) is 1. The molecule has 0 unspecified atom stereocenters. The van der Waals surface area contributed by atoms with Crippen molar-refractivity contribution >= 4 is 17.9 Å². The van der Waals surface area contributed by atoms with Gasteiger partial charge in [-0.15, -0.1) is 0 Å². The van der Waals surface area contributed by atoms with Gasteiger partial charge in [-0.3, -0.25) is 0 Å². The molecule has 6 heteroatoms. The molecule has 0 aromatic heterocycles. The minimum Gasteiger partial charge on any atom is -0.497 e. The highest BCUT2D eigenvalue weighted by Gasteiger charge is 2.24. The van der Waals surface area contributed by atoms with Gasteiger partial charge in [0.2, 0.25) is 12.7 Å². The molecule has 0 atom stereocenters. The number of fused-ring (bicyclic) bond motifs is 1. The van der Waals surface area contributed by atoms with Gasteiger partial charge in [0, 0.05) is 5.56 Å². The molecular formula is C18H13NO5. The fourth-order valence-corrected chi connectivity index (χ4v) is 2.45. The van der Waals surface area contributed by atoms with E-state index in [0.29, 0.717) is 22.8 Å². The van der Waals surface area contributed by atoms with Crippen LogP contribution in [0.1, 0.15) is 11.1 Å². The highest BCUT2D eigenvalue weighted by molar-refractivity contribution is 6.13. The Kier molecular flexibility index (Phi) is 3.42. The third-order valence-electron chi connectivity index (χ3n) is 3.64. The van der Waals surface area contributed by atoms with Crippen LogP contribution in [0.25, 0.3) is 6.08 Å². The molecular weight excluding hydrogens is 310 g/mol. The predicted molar refractivity (Wildman–Crippen MR) is 86.2 cm³/mol. The summed E-state index contributed by atoms with van der Waals surface area (Å²) in [5, 5.41) is 0. The molecule has 2 aromatic rings. The molecule has 6 nitrogen and oxygen atoms in total. The summed E-state index contributed by atoms with van der Waals surface area (Å²) in [6.07, 6.45) is 1.65. The average Bonchev–Trinajstić information content (AvgIpc) is 3.21. The van der Waals surface area contributed by atoms with Gasteiger partial charge in [0.15, 0.2) is 17.2 Å². The molecule has 0 radical (unpaired) electrons. The number of ether oxygens (including phenoxy) is 4. The lowest BCUT2D eigenvalue weighted by Crippen LogP contribution is -2.05. The summed E-state index contributed by atoms with van der Waals surface area (Å²) >= 11 is 0. The highest BCUT2D eigenvalue weighted by Crippen LogP contribution is 2.33. The van der Waals surface area contributed by atoms with Crippen LogP contribution in [0.15, 0.2) is 53.2 Å². The van der Waals surface area contributed by atoms with Gasteiger partial charge in [-0.25, -0.2) is 9.79 Å². The van der Waals surface area contributed by atoms with E-state index in [0.717, 1.165) is 5.56 Å². The Morgan fingerprint density at radius 1 is 1.12 bits per heavy atom. The number of hydrogen-bond acceptors (Lipinski definition) is 6. The Bertz CT molecular complexity index is 885. The van der Waals surface area contributed by atoms with Gasteiger partial charge < -0.3 is 18.9 Å². The number of nitrogens with zero attached hydrogens (tertiary/aromatic N) is 1. The molecule has 4 rings (SSSR count). The van der Waals surface area contributed by atoms with Crippen LogP contribution in [0.5, 0.6) is 17.2 Å². The molecule has 2 aliphatic rings. The number of benzene rings is 2. The highest BCUT2D eigenvalue weighted by atomic mass is 16.7. The molecule has 120 valence electrons. The lowest BCUT2D eigenvalue weighted by atomic mass is 10.1. The molecule has 0 N–H and O–H groups in total. The predicted octanol–water partition coefficient (Wildman–Crippen LogP) is 2.77. The van der Waals surface area contributed by atoms with Gasteiger partial charge in [0.05, 0.1) is 7.11 Å². The van der Waals surface area contributed by atoms with Crippen molar-refractivity contribution in [2.24, 2.45) is 4.99 Å². The van der Waals surface area contributed by atoms with E-state index in [1.807, 2.05) is 18.2 Å². The third-order valence-corrected chi connectivity index (χ3v) is 3.64. The molecule has 2 heterocycles. The number of carbonyl (C=O) groups excluding carboxylic acids is 1. The number of carbonyl (C=O) groups is 1. The topological polar surface area (TPSA) is 66.3 Å².